The molecule has 0 heterocycles. The minimum Gasteiger partial charge on any atom is -0.0683 e. The lowest BCUT2D eigenvalue weighted by Gasteiger charge is -1.90. The van der Waals surface area contributed by atoms with Gasteiger partial charge in [-0.2, -0.15) is 0 Å². The second-order valence-electron chi connectivity index (χ2n) is 3.92. The third kappa shape index (κ3) is 1800. The molecular weight excluding hydrogens is 264 g/mol. The highest BCUT2D eigenvalue weighted by molar-refractivity contribution is 4.32. The van der Waals surface area contributed by atoms with Crippen molar-refractivity contribution in [2.75, 3.05) is 0 Å². The topological polar surface area (TPSA) is 0 Å². The van der Waals surface area contributed by atoms with E-state index >= 15 is 0 Å². The van der Waals surface area contributed by atoms with E-state index in [9.17, 15) is 0 Å². The highest BCUT2D eigenvalue weighted by Crippen LogP contribution is 1.93. The van der Waals surface area contributed by atoms with Crippen molar-refractivity contribution in [1.29, 1.82) is 0 Å². The smallest absolute Gasteiger partial charge is 0.0474 e. The Bertz CT molecular complexity index is 32.5. The van der Waals surface area contributed by atoms with Gasteiger partial charge < -0.3 is 0 Å². The predicted molar refractivity (Wildman–Crippen MR) is 118 cm³/mol. The molecule has 0 amide bonds. The van der Waals surface area contributed by atoms with Crippen LogP contribution in [-0.2, 0) is 0 Å². The summed E-state index contributed by atoms with van der Waals surface area (Å²) in [7, 11) is 0. The van der Waals surface area contributed by atoms with Gasteiger partial charge in [-0.1, -0.05) is 143 Å². The Hall–Kier alpha value is 0. The van der Waals surface area contributed by atoms with Gasteiger partial charge in [-0.05, 0) is 5.92 Å². The maximum atomic E-state index is 2.22. The molecule has 0 atom stereocenters. The quantitative estimate of drug-likeness (QED) is 0.450. The summed E-state index contributed by atoms with van der Waals surface area (Å²) in [5.41, 5.74) is 0. The van der Waals surface area contributed by atoms with Crippen molar-refractivity contribution in [3.05, 3.63) is 0 Å². The molecule has 0 heteroatoms. The maximum absolute atomic E-state index is 2.22. The van der Waals surface area contributed by atoms with Crippen LogP contribution in [0.15, 0.2) is 0 Å². The van der Waals surface area contributed by atoms with E-state index in [1.54, 1.807) is 0 Å². The van der Waals surface area contributed by atoms with Crippen LogP contribution in [0.4, 0.5) is 0 Å². The summed E-state index contributed by atoms with van der Waals surface area (Å²) in [6.45, 7) is 35.4. The number of hydrogen-bond acceptors (Lipinski definition) is 0. The van der Waals surface area contributed by atoms with Crippen molar-refractivity contribution in [1.82, 2.24) is 0 Å². The lowest BCUT2D eigenvalue weighted by Crippen LogP contribution is -1.77. The second-order valence-corrected chi connectivity index (χ2v) is 3.92. The molecule has 0 unspecified atom stereocenters. The standard InChI is InChI=1S/C5H12.3C3H8.4C2H6/c1-4-5(2)3;3*1-3-2;4*1-2/h5H,4H2,1-3H3;3*3H2,1-2H3;4*1-2H3. The Labute approximate surface area is 149 Å². The summed E-state index contributed by atoms with van der Waals surface area (Å²) in [4.78, 5) is 0. The van der Waals surface area contributed by atoms with Gasteiger partial charge in [0.2, 0.25) is 0 Å². The molecule has 0 aliphatic heterocycles. The zero-order chi connectivity index (χ0) is 20.4. The number of rotatable bonds is 1. The van der Waals surface area contributed by atoms with E-state index in [0.29, 0.717) is 0 Å². The Kier molecular flexibility index (Phi) is 386. The van der Waals surface area contributed by atoms with Gasteiger partial charge in [0.05, 0.1) is 0 Å². The third-order valence-corrected chi connectivity index (χ3v) is 0.816. The molecular formula is C22H60. The fourth-order valence-corrected chi connectivity index (χ4v) is 0. The molecule has 148 valence electrons. The summed E-state index contributed by atoms with van der Waals surface area (Å²) < 4.78 is 0. The van der Waals surface area contributed by atoms with Crippen molar-refractivity contribution in [3.63, 3.8) is 0 Å². The average molecular weight is 325 g/mol. The van der Waals surface area contributed by atoms with Crippen molar-refractivity contribution >= 4 is 0 Å². The maximum Gasteiger partial charge on any atom is -0.0474 e. The van der Waals surface area contributed by atoms with Crippen LogP contribution >= 0.6 is 0 Å². The van der Waals surface area contributed by atoms with Gasteiger partial charge in [-0.15, -0.1) is 0 Å². The van der Waals surface area contributed by atoms with E-state index < -0.39 is 0 Å². The van der Waals surface area contributed by atoms with Gasteiger partial charge in [-0.25, -0.2) is 0 Å². The molecule has 0 saturated heterocycles. The highest BCUT2D eigenvalue weighted by atomic mass is 13.9. The summed E-state index contributed by atoms with van der Waals surface area (Å²) in [5.74, 6) is 0.884. The highest BCUT2D eigenvalue weighted by Gasteiger charge is 1.80. The normalized spacial score (nSPS) is 5.73. The van der Waals surface area contributed by atoms with E-state index in [0.717, 1.165) is 5.92 Å². The lowest BCUT2D eigenvalue weighted by molar-refractivity contribution is 0.626. The van der Waals surface area contributed by atoms with Crippen LogP contribution in [0.1, 0.15) is 143 Å². The minimum atomic E-state index is 0.884. The number of hydrogen-bond donors (Lipinski definition) is 0. The first-order valence-corrected chi connectivity index (χ1v) is 10.5. The zero-order valence-corrected chi connectivity index (χ0v) is 20.4. The van der Waals surface area contributed by atoms with Crippen LogP contribution < -0.4 is 0 Å². The SMILES string of the molecule is CC.CC.CC.CC.CCC.CCC.CCC.CCC(C)C. The van der Waals surface area contributed by atoms with Gasteiger partial charge in [0.1, 0.15) is 0 Å². The van der Waals surface area contributed by atoms with Crippen molar-refractivity contribution in [2.45, 2.75) is 143 Å². The van der Waals surface area contributed by atoms with Crippen LogP contribution in [0.25, 0.3) is 0 Å². The van der Waals surface area contributed by atoms with Crippen LogP contribution in [-0.4, -0.2) is 0 Å². The largest absolute Gasteiger partial charge is 0.0683 e. The van der Waals surface area contributed by atoms with Crippen molar-refractivity contribution in [2.24, 2.45) is 5.92 Å². The van der Waals surface area contributed by atoms with E-state index in [1.807, 2.05) is 55.4 Å². The molecule has 0 N–H and O–H groups in total. The monoisotopic (exact) mass is 324 g/mol. The fourth-order valence-electron chi connectivity index (χ4n) is 0. The second kappa shape index (κ2) is 171. The van der Waals surface area contributed by atoms with Crippen LogP contribution in [0.2, 0.25) is 0 Å². The summed E-state index contributed by atoms with van der Waals surface area (Å²) in [5, 5.41) is 0. The summed E-state index contributed by atoms with van der Waals surface area (Å²) >= 11 is 0. The molecule has 0 aromatic carbocycles. The molecule has 0 aliphatic carbocycles. The molecule has 0 bridgehead atoms. The van der Waals surface area contributed by atoms with E-state index in [4.69, 9.17) is 0 Å². The molecule has 0 radical (unpaired) electrons. The Morgan fingerprint density at radius 2 is 0.455 bits per heavy atom. The molecule has 0 saturated carbocycles. The zero-order valence-electron chi connectivity index (χ0n) is 20.4. The molecule has 0 spiro atoms. The molecule has 0 aliphatic rings. The van der Waals surface area contributed by atoms with Gasteiger partial charge >= 0.3 is 0 Å². The first kappa shape index (κ1) is 49.5. The van der Waals surface area contributed by atoms with Crippen LogP contribution in [0, 0.1) is 5.92 Å². The van der Waals surface area contributed by atoms with E-state index in [-0.39, 0.29) is 0 Å². The average Bonchev–Trinajstić information content (AvgIpc) is 2.57. The van der Waals surface area contributed by atoms with Gasteiger partial charge in [0, 0.05) is 0 Å². The van der Waals surface area contributed by atoms with Gasteiger partial charge in [-0.3, -0.25) is 0 Å². The Morgan fingerprint density at radius 3 is 0.455 bits per heavy atom. The first-order chi connectivity index (χ1) is 10.5. The molecule has 0 rings (SSSR count). The third-order valence-electron chi connectivity index (χ3n) is 0.816. The Balaban J connectivity index is -0.0000000175. The van der Waals surface area contributed by atoms with Gasteiger partial charge in [0.15, 0.2) is 0 Å². The van der Waals surface area contributed by atoms with Crippen LogP contribution in [0.3, 0.4) is 0 Å². The molecule has 0 nitrogen and oxygen atoms in total. The van der Waals surface area contributed by atoms with Crippen molar-refractivity contribution < 1.29 is 0 Å². The van der Waals surface area contributed by atoms with Crippen molar-refractivity contribution in [3.8, 4) is 0 Å². The lowest BCUT2D eigenvalue weighted by atomic mass is 10.2. The minimum absolute atomic E-state index is 0.884. The van der Waals surface area contributed by atoms with E-state index in [2.05, 4.69) is 62.3 Å². The predicted octanol–water partition coefficient (Wildman–Crippen LogP) is 10.4. The Morgan fingerprint density at radius 1 is 0.409 bits per heavy atom. The molecule has 0 fully saturated rings. The summed E-state index contributed by atoms with van der Waals surface area (Å²) in [6, 6.07) is 0. The van der Waals surface area contributed by atoms with Gasteiger partial charge in [0.25, 0.3) is 0 Å². The molecule has 22 heavy (non-hydrogen) atoms. The van der Waals surface area contributed by atoms with Crippen LogP contribution in [0.5, 0.6) is 0 Å². The van der Waals surface area contributed by atoms with E-state index in [1.165, 1.54) is 25.7 Å². The fraction of sp³-hybridized carbons (Fsp3) is 1.00. The summed E-state index contributed by atoms with van der Waals surface area (Å²) in [6.07, 6.45) is 5.06. The first-order valence-electron chi connectivity index (χ1n) is 10.5. The molecule has 0 aromatic heterocycles. The molecule has 0 aromatic rings.